The first-order valence-corrected chi connectivity index (χ1v) is 14.8. The van der Waals surface area contributed by atoms with Gasteiger partial charge in [-0.3, -0.25) is 0 Å². The molecule has 208 valence electrons. The van der Waals surface area contributed by atoms with E-state index in [9.17, 15) is 0 Å². The number of benzene rings is 6. The lowest BCUT2D eigenvalue weighted by Crippen LogP contribution is -1.96. The molecule has 0 N–H and O–H groups in total. The fourth-order valence-corrected chi connectivity index (χ4v) is 6.11. The van der Waals surface area contributed by atoms with Gasteiger partial charge in [0, 0.05) is 22.3 Å². The highest BCUT2D eigenvalue weighted by Crippen LogP contribution is 2.40. The number of oxazole rings is 1. The highest BCUT2D eigenvalue weighted by molar-refractivity contribution is 6.03. The first-order valence-electron chi connectivity index (χ1n) is 14.8. The summed E-state index contributed by atoms with van der Waals surface area (Å²) in [6.07, 6.45) is 0. The average molecular weight is 565 g/mol. The van der Waals surface area contributed by atoms with Gasteiger partial charge in [0.2, 0.25) is 5.89 Å². The van der Waals surface area contributed by atoms with Crippen molar-refractivity contribution in [2.24, 2.45) is 0 Å². The minimum atomic E-state index is 0.626. The molecule has 8 rings (SSSR count). The highest BCUT2D eigenvalue weighted by atomic mass is 16.3. The molecule has 2 heterocycles. The molecule has 0 atom stereocenters. The van der Waals surface area contributed by atoms with Crippen LogP contribution in [0.25, 0.3) is 78.1 Å². The van der Waals surface area contributed by atoms with Crippen LogP contribution in [0.4, 0.5) is 0 Å². The summed E-state index contributed by atoms with van der Waals surface area (Å²) in [5, 5.41) is 2.34. The summed E-state index contributed by atoms with van der Waals surface area (Å²) in [7, 11) is 0. The summed E-state index contributed by atoms with van der Waals surface area (Å²) < 4.78 is 6.27. The smallest absolute Gasteiger partial charge is 0.227 e. The number of hydrogen-bond acceptors (Lipinski definition) is 3. The largest absolute Gasteiger partial charge is 0.436 e. The zero-order valence-corrected chi connectivity index (χ0v) is 24.2. The van der Waals surface area contributed by atoms with Crippen molar-refractivity contribution in [2.75, 3.05) is 0 Å². The maximum atomic E-state index is 6.27. The van der Waals surface area contributed by atoms with Crippen LogP contribution in [0.3, 0.4) is 0 Å². The molecule has 0 radical (unpaired) electrons. The van der Waals surface area contributed by atoms with E-state index in [4.69, 9.17) is 14.4 Å². The molecule has 0 bridgehead atoms. The second-order valence-electron chi connectivity index (χ2n) is 11.0. The maximum Gasteiger partial charge on any atom is 0.227 e. The molecule has 0 saturated heterocycles. The molecule has 3 nitrogen and oxygen atoms in total. The first-order chi connectivity index (χ1) is 21.7. The van der Waals surface area contributed by atoms with Gasteiger partial charge in [-0.1, -0.05) is 127 Å². The van der Waals surface area contributed by atoms with Crippen LogP contribution in [0.1, 0.15) is 5.56 Å². The third-order valence-corrected chi connectivity index (χ3v) is 8.33. The molecule has 0 aliphatic rings. The Hall–Kier alpha value is -5.80. The van der Waals surface area contributed by atoms with Gasteiger partial charge in [-0.15, -0.1) is 0 Å². The van der Waals surface area contributed by atoms with Crippen molar-refractivity contribution < 1.29 is 4.42 Å². The summed E-state index contributed by atoms with van der Waals surface area (Å²) in [4.78, 5) is 10.0. The normalized spacial score (nSPS) is 11.3. The second kappa shape index (κ2) is 10.8. The molecule has 6 aromatic carbocycles. The number of pyridine rings is 1. The van der Waals surface area contributed by atoms with E-state index < -0.39 is 0 Å². The van der Waals surface area contributed by atoms with E-state index >= 15 is 0 Å². The lowest BCUT2D eigenvalue weighted by atomic mass is 9.90. The van der Waals surface area contributed by atoms with Gasteiger partial charge >= 0.3 is 0 Å². The fourth-order valence-electron chi connectivity index (χ4n) is 6.11. The van der Waals surface area contributed by atoms with Crippen LogP contribution in [-0.2, 0) is 0 Å². The Morgan fingerprint density at radius 3 is 1.93 bits per heavy atom. The van der Waals surface area contributed by atoms with Crippen molar-refractivity contribution in [3.8, 4) is 56.2 Å². The predicted octanol–water partition coefficient (Wildman–Crippen LogP) is 11.0. The minimum absolute atomic E-state index is 0.626. The van der Waals surface area contributed by atoms with Gasteiger partial charge in [0.05, 0.1) is 11.4 Å². The third-order valence-electron chi connectivity index (χ3n) is 8.33. The molecule has 44 heavy (non-hydrogen) atoms. The molecule has 3 heteroatoms. The topological polar surface area (TPSA) is 38.9 Å². The van der Waals surface area contributed by atoms with Crippen LogP contribution in [0.5, 0.6) is 0 Å². The van der Waals surface area contributed by atoms with Crippen LogP contribution >= 0.6 is 0 Å². The fraction of sp³-hybridized carbons (Fsp3) is 0.0244. The summed E-state index contributed by atoms with van der Waals surface area (Å²) >= 11 is 0. The van der Waals surface area contributed by atoms with E-state index in [1.54, 1.807) is 0 Å². The summed E-state index contributed by atoms with van der Waals surface area (Å²) in [5.74, 6) is 0.626. The van der Waals surface area contributed by atoms with Crippen LogP contribution in [-0.4, -0.2) is 9.97 Å². The number of rotatable bonds is 5. The number of nitrogens with zero attached hydrogens (tertiary/aromatic N) is 2. The number of fused-ring (bicyclic) bond motifs is 2. The van der Waals surface area contributed by atoms with E-state index in [2.05, 4.69) is 122 Å². The van der Waals surface area contributed by atoms with Gasteiger partial charge in [-0.05, 0) is 64.2 Å². The van der Waals surface area contributed by atoms with Crippen molar-refractivity contribution in [1.82, 2.24) is 9.97 Å². The Morgan fingerprint density at radius 1 is 0.500 bits per heavy atom. The molecule has 0 aliphatic carbocycles. The number of aromatic nitrogens is 2. The zero-order valence-electron chi connectivity index (χ0n) is 24.2. The number of para-hydroxylation sites is 2. The van der Waals surface area contributed by atoms with Gasteiger partial charge in [0.15, 0.2) is 5.58 Å². The van der Waals surface area contributed by atoms with Crippen molar-refractivity contribution in [3.63, 3.8) is 0 Å². The molecular weight excluding hydrogens is 536 g/mol. The standard InChI is InChI=1S/C41H28N2O/c1-27-35(26-37(30-13-4-2-5-14-30)42-40(27)32-15-6-3-7-16-32)29-20-22-31(23-21-29)39-33-17-9-8-12-28(33)24-25-34(39)41-43-36-18-10-11-19-38(36)44-41/h2-26H,1H3. The molecular formula is C41H28N2O. The second-order valence-corrected chi connectivity index (χ2v) is 11.0. The average Bonchev–Trinajstić information content (AvgIpc) is 3.53. The molecule has 2 aromatic heterocycles. The number of hydrogen-bond donors (Lipinski definition) is 0. The van der Waals surface area contributed by atoms with E-state index in [0.717, 1.165) is 66.8 Å². The highest BCUT2D eigenvalue weighted by Gasteiger charge is 2.18. The monoisotopic (exact) mass is 564 g/mol. The Balaban J connectivity index is 1.29. The van der Waals surface area contributed by atoms with Crippen LogP contribution < -0.4 is 0 Å². The first kappa shape index (κ1) is 25.9. The lowest BCUT2D eigenvalue weighted by molar-refractivity contribution is 0.620. The minimum Gasteiger partial charge on any atom is -0.436 e. The van der Waals surface area contributed by atoms with Gasteiger partial charge < -0.3 is 4.42 Å². The molecule has 0 aliphatic heterocycles. The Morgan fingerprint density at radius 2 is 1.16 bits per heavy atom. The summed E-state index contributed by atoms with van der Waals surface area (Å²) in [5.41, 5.74) is 12.5. The van der Waals surface area contributed by atoms with Crippen molar-refractivity contribution in [3.05, 3.63) is 157 Å². The van der Waals surface area contributed by atoms with Crippen LogP contribution in [0.15, 0.2) is 156 Å². The van der Waals surface area contributed by atoms with Crippen molar-refractivity contribution in [2.45, 2.75) is 6.92 Å². The van der Waals surface area contributed by atoms with Gasteiger partial charge in [-0.25, -0.2) is 9.97 Å². The molecule has 0 fully saturated rings. The van der Waals surface area contributed by atoms with Crippen LogP contribution in [0.2, 0.25) is 0 Å². The maximum absolute atomic E-state index is 6.27. The van der Waals surface area contributed by atoms with Gasteiger partial charge in [-0.2, -0.15) is 0 Å². The van der Waals surface area contributed by atoms with E-state index in [1.165, 1.54) is 10.9 Å². The van der Waals surface area contributed by atoms with E-state index in [0.29, 0.717) is 5.89 Å². The molecule has 8 aromatic rings. The zero-order chi connectivity index (χ0) is 29.5. The molecule has 0 unspecified atom stereocenters. The van der Waals surface area contributed by atoms with Gasteiger partial charge in [0.25, 0.3) is 0 Å². The Kier molecular flexibility index (Phi) is 6.35. The Bertz CT molecular complexity index is 2230. The van der Waals surface area contributed by atoms with Crippen LogP contribution in [0, 0.1) is 6.92 Å². The van der Waals surface area contributed by atoms with Crippen molar-refractivity contribution in [1.29, 1.82) is 0 Å². The lowest BCUT2D eigenvalue weighted by Gasteiger charge is -2.16. The van der Waals surface area contributed by atoms with E-state index in [1.807, 2.05) is 36.4 Å². The van der Waals surface area contributed by atoms with Crippen molar-refractivity contribution >= 4 is 21.9 Å². The molecule has 0 saturated carbocycles. The molecule has 0 spiro atoms. The molecule has 0 amide bonds. The SMILES string of the molecule is Cc1c(-c2ccc(-c3c(-c4nc5ccccc5o4)ccc4ccccc34)cc2)cc(-c2ccccc2)nc1-c1ccccc1. The van der Waals surface area contributed by atoms with Gasteiger partial charge in [0.1, 0.15) is 5.52 Å². The Labute approximate surface area is 256 Å². The van der Waals surface area contributed by atoms with E-state index in [-0.39, 0.29) is 0 Å². The summed E-state index contributed by atoms with van der Waals surface area (Å²) in [6, 6.07) is 52.6. The third kappa shape index (κ3) is 4.56. The quantitative estimate of drug-likeness (QED) is 0.209. The predicted molar refractivity (Wildman–Crippen MR) is 181 cm³/mol. The summed E-state index contributed by atoms with van der Waals surface area (Å²) in [6.45, 7) is 2.17.